The van der Waals surface area contributed by atoms with Crippen molar-refractivity contribution >= 4 is 11.9 Å². The third-order valence-corrected chi connectivity index (χ3v) is 3.30. The smallest absolute Gasteiger partial charge is 0.346 e. The molecule has 1 amide bonds. The zero-order valence-corrected chi connectivity index (χ0v) is 13.7. The maximum atomic E-state index is 12.4. The fraction of sp³-hybridized carbons (Fsp3) is 0.294. The lowest BCUT2D eigenvalue weighted by Gasteiger charge is -2.16. The van der Waals surface area contributed by atoms with Crippen LogP contribution in [0.15, 0.2) is 41.0 Å². The third kappa shape index (κ3) is 4.07. The molecule has 128 valence electrons. The van der Waals surface area contributed by atoms with Gasteiger partial charge in [-0.2, -0.15) is 0 Å². The number of rotatable bonds is 7. The quantitative estimate of drug-likeness (QED) is 0.781. The number of ether oxygens (including phenoxy) is 3. The van der Waals surface area contributed by atoms with Gasteiger partial charge in [-0.25, -0.2) is 4.79 Å². The van der Waals surface area contributed by atoms with Crippen molar-refractivity contribution in [3.8, 4) is 11.5 Å². The number of furan rings is 1. The van der Waals surface area contributed by atoms with Crippen molar-refractivity contribution in [2.75, 3.05) is 14.2 Å². The predicted octanol–water partition coefficient (Wildman–Crippen LogP) is 2.16. The number of methoxy groups -OCH3 is 2. The van der Waals surface area contributed by atoms with Gasteiger partial charge in [0.15, 0.2) is 6.10 Å². The molecule has 7 nitrogen and oxygen atoms in total. The Kier molecular flexibility index (Phi) is 5.83. The van der Waals surface area contributed by atoms with Crippen LogP contribution < -0.4 is 14.8 Å². The monoisotopic (exact) mass is 333 g/mol. The van der Waals surface area contributed by atoms with E-state index in [9.17, 15) is 9.59 Å². The molecular weight excluding hydrogens is 314 g/mol. The Hall–Kier alpha value is -2.96. The zero-order valence-electron chi connectivity index (χ0n) is 13.7. The van der Waals surface area contributed by atoms with Crippen molar-refractivity contribution in [2.24, 2.45) is 0 Å². The topological polar surface area (TPSA) is 87.0 Å². The first-order valence-electron chi connectivity index (χ1n) is 7.29. The lowest BCUT2D eigenvalue weighted by atomic mass is 10.1. The van der Waals surface area contributed by atoms with Crippen LogP contribution in [0.4, 0.5) is 0 Å². The van der Waals surface area contributed by atoms with Crippen LogP contribution in [-0.2, 0) is 16.1 Å². The molecule has 1 N–H and O–H groups in total. The molecule has 7 heteroatoms. The summed E-state index contributed by atoms with van der Waals surface area (Å²) in [6.45, 7) is 1.70. The van der Waals surface area contributed by atoms with E-state index in [-0.39, 0.29) is 12.1 Å². The summed E-state index contributed by atoms with van der Waals surface area (Å²) in [5.74, 6) is 0.0805. The second-order valence-corrected chi connectivity index (χ2v) is 4.88. The van der Waals surface area contributed by atoms with Gasteiger partial charge in [0, 0.05) is 0 Å². The van der Waals surface area contributed by atoms with E-state index >= 15 is 0 Å². The summed E-state index contributed by atoms with van der Waals surface area (Å²) in [4.78, 5) is 24.4. The highest BCUT2D eigenvalue weighted by Crippen LogP contribution is 2.29. The maximum Gasteiger partial charge on any atom is 0.346 e. The Labute approximate surface area is 139 Å². The molecular formula is C17H19NO6. The van der Waals surface area contributed by atoms with E-state index < -0.39 is 18.0 Å². The second-order valence-electron chi connectivity index (χ2n) is 4.88. The van der Waals surface area contributed by atoms with Gasteiger partial charge < -0.3 is 23.9 Å². The van der Waals surface area contributed by atoms with Crippen LogP contribution in [-0.4, -0.2) is 32.2 Å². The Morgan fingerprint density at radius 3 is 2.33 bits per heavy atom. The standard InChI is InChI=1S/C17H19NO6/c1-11(16(19)18-10-12-6-5-9-23-12)24-17(20)15-13(21-2)7-4-8-14(15)22-3/h4-9,11H,10H2,1-3H3,(H,18,19)/t11-/m1/s1. The molecule has 2 aromatic rings. The van der Waals surface area contributed by atoms with Crippen molar-refractivity contribution in [1.29, 1.82) is 0 Å². The summed E-state index contributed by atoms with van der Waals surface area (Å²) in [5.41, 5.74) is 0.133. The van der Waals surface area contributed by atoms with Crippen LogP contribution in [0, 0.1) is 0 Å². The SMILES string of the molecule is COc1cccc(OC)c1C(=O)O[C@H](C)C(=O)NCc1ccco1. The molecule has 0 unspecified atom stereocenters. The van der Waals surface area contributed by atoms with Gasteiger partial charge in [0.2, 0.25) is 0 Å². The summed E-state index contributed by atoms with van der Waals surface area (Å²) < 4.78 is 20.6. The third-order valence-electron chi connectivity index (χ3n) is 3.30. The molecule has 0 aliphatic rings. The van der Waals surface area contributed by atoms with Crippen LogP contribution in [0.5, 0.6) is 11.5 Å². The van der Waals surface area contributed by atoms with Gasteiger partial charge in [-0.05, 0) is 31.2 Å². The normalized spacial score (nSPS) is 11.5. The summed E-state index contributed by atoms with van der Waals surface area (Å²) in [5, 5.41) is 2.63. The molecule has 0 saturated heterocycles. The van der Waals surface area contributed by atoms with E-state index in [1.165, 1.54) is 27.4 Å². The molecule has 2 rings (SSSR count). The molecule has 24 heavy (non-hydrogen) atoms. The van der Waals surface area contributed by atoms with E-state index in [1.807, 2.05) is 0 Å². The van der Waals surface area contributed by atoms with Gasteiger partial charge in [0.05, 0.1) is 27.0 Å². The lowest BCUT2D eigenvalue weighted by molar-refractivity contribution is -0.129. The van der Waals surface area contributed by atoms with Crippen molar-refractivity contribution in [3.05, 3.63) is 47.9 Å². The van der Waals surface area contributed by atoms with Gasteiger partial charge in [0.25, 0.3) is 5.91 Å². The minimum Gasteiger partial charge on any atom is -0.496 e. The molecule has 0 spiro atoms. The minimum absolute atomic E-state index is 0.133. The van der Waals surface area contributed by atoms with Crippen LogP contribution in [0.1, 0.15) is 23.0 Å². The van der Waals surface area contributed by atoms with Crippen LogP contribution in [0.3, 0.4) is 0 Å². The zero-order chi connectivity index (χ0) is 17.5. The minimum atomic E-state index is -0.984. The first-order chi connectivity index (χ1) is 11.6. The van der Waals surface area contributed by atoms with Gasteiger partial charge in [0.1, 0.15) is 22.8 Å². The number of carbonyl (C=O) groups excluding carboxylic acids is 2. The molecule has 0 saturated carbocycles. The number of carbonyl (C=O) groups is 2. The average Bonchev–Trinajstić information content (AvgIpc) is 3.12. The number of hydrogen-bond acceptors (Lipinski definition) is 6. The number of nitrogens with one attached hydrogen (secondary N) is 1. The highest BCUT2D eigenvalue weighted by atomic mass is 16.6. The molecule has 1 atom stereocenters. The Bertz CT molecular complexity index is 673. The van der Waals surface area contributed by atoms with Gasteiger partial charge >= 0.3 is 5.97 Å². The lowest BCUT2D eigenvalue weighted by Crippen LogP contribution is -2.35. The maximum absolute atomic E-state index is 12.4. The number of hydrogen-bond donors (Lipinski definition) is 1. The summed E-state index contributed by atoms with van der Waals surface area (Å²) >= 11 is 0. The highest BCUT2D eigenvalue weighted by Gasteiger charge is 2.24. The van der Waals surface area contributed by atoms with E-state index in [1.54, 1.807) is 30.3 Å². The Morgan fingerprint density at radius 1 is 1.12 bits per heavy atom. The van der Waals surface area contributed by atoms with Crippen molar-refractivity contribution in [3.63, 3.8) is 0 Å². The fourth-order valence-corrected chi connectivity index (χ4v) is 2.06. The first-order valence-corrected chi connectivity index (χ1v) is 7.29. The molecule has 0 aliphatic carbocycles. The molecule has 0 aliphatic heterocycles. The van der Waals surface area contributed by atoms with Crippen LogP contribution >= 0.6 is 0 Å². The Balaban J connectivity index is 2.02. The molecule has 1 heterocycles. The molecule has 0 bridgehead atoms. The van der Waals surface area contributed by atoms with Crippen LogP contribution in [0.25, 0.3) is 0 Å². The summed E-state index contributed by atoms with van der Waals surface area (Å²) in [7, 11) is 2.87. The van der Waals surface area contributed by atoms with E-state index in [4.69, 9.17) is 18.6 Å². The fourth-order valence-electron chi connectivity index (χ4n) is 2.06. The van der Waals surface area contributed by atoms with Crippen molar-refractivity contribution in [2.45, 2.75) is 19.6 Å². The molecule has 0 radical (unpaired) electrons. The first kappa shape index (κ1) is 17.4. The van der Waals surface area contributed by atoms with Gasteiger partial charge in [-0.15, -0.1) is 0 Å². The number of amides is 1. The second kappa shape index (κ2) is 8.05. The largest absolute Gasteiger partial charge is 0.496 e. The number of benzene rings is 1. The van der Waals surface area contributed by atoms with Gasteiger partial charge in [-0.1, -0.05) is 6.07 Å². The molecule has 1 aromatic carbocycles. The predicted molar refractivity (Wildman–Crippen MR) is 85.0 cm³/mol. The van der Waals surface area contributed by atoms with Crippen LogP contribution in [0.2, 0.25) is 0 Å². The average molecular weight is 333 g/mol. The molecule has 0 fully saturated rings. The van der Waals surface area contributed by atoms with Gasteiger partial charge in [-0.3, -0.25) is 4.79 Å². The summed E-state index contributed by atoms with van der Waals surface area (Å²) in [6.07, 6.45) is 0.529. The Morgan fingerprint density at radius 2 is 1.79 bits per heavy atom. The highest BCUT2D eigenvalue weighted by molar-refractivity contribution is 5.97. The van der Waals surface area contributed by atoms with E-state index in [0.29, 0.717) is 17.3 Å². The van der Waals surface area contributed by atoms with E-state index in [2.05, 4.69) is 5.32 Å². The molecule has 1 aromatic heterocycles. The van der Waals surface area contributed by atoms with E-state index in [0.717, 1.165) is 0 Å². The number of esters is 1. The van der Waals surface area contributed by atoms with Crippen molar-refractivity contribution < 1.29 is 28.2 Å². The van der Waals surface area contributed by atoms with Crippen molar-refractivity contribution in [1.82, 2.24) is 5.32 Å². The summed E-state index contributed by atoms with van der Waals surface area (Å²) in [6, 6.07) is 8.37.